The molecular weight excluding hydrogens is 402 g/mol. The van der Waals surface area contributed by atoms with E-state index in [4.69, 9.17) is 9.47 Å². The molecule has 7 nitrogen and oxygen atoms in total. The molecule has 2 aromatic rings. The number of likely N-dealkylation sites (tertiary alicyclic amines) is 1. The van der Waals surface area contributed by atoms with Gasteiger partial charge in [0.05, 0.1) is 24.5 Å². The molecule has 1 aromatic carbocycles. The fraction of sp³-hybridized carbons (Fsp3) is 0.409. The Bertz CT molecular complexity index is 996. The van der Waals surface area contributed by atoms with Gasteiger partial charge in [-0.05, 0) is 37.3 Å². The maximum atomic E-state index is 13.2. The highest BCUT2D eigenvalue weighted by Crippen LogP contribution is 2.41. The number of piperidine rings is 1. The highest BCUT2D eigenvalue weighted by atomic mass is 32.2. The Balaban J connectivity index is 1.42. The summed E-state index contributed by atoms with van der Waals surface area (Å²) in [6, 6.07) is 9.15. The van der Waals surface area contributed by atoms with Crippen LogP contribution in [0.3, 0.4) is 0 Å². The largest absolute Gasteiger partial charge is 0.347 e. The third kappa shape index (κ3) is 3.29. The topological polar surface area (TPSA) is 72.0 Å². The van der Waals surface area contributed by atoms with Gasteiger partial charge >= 0.3 is 0 Å². The Hall–Kier alpha value is -2.42. The number of anilines is 1. The van der Waals surface area contributed by atoms with Crippen LogP contribution < -0.4 is 4.90 Å². The summed E-state index contributed by atoms with van der Waals surface area (Å²) < 4.78 is 11.5. The van der Waals surface area contributed by atoms with E-state index < -0.39 is 5.79 Å². The van der Waals surface area contributed by atoms with Crippen molar-refractivity contribution in [1.82, 2.24) is 9.88 Å². The molecule has 0 bridgehead atoms. The van der Waals surface area contributed by atoms with Crippen LogP contribution in [0.25, 0.3) is 0 Å². The molecule has 0 saturated carbocycles. The first-order valence-electron chi connectivity index (χ1n) is 10.3. The smallest absolute Gasteiger partial charge is 0.261 e. The van der Waals surface area contributed by atoms with Gasteiger partial charge in [0.25, 0.3) is 11.8 Å². The molecule has 0 unspecified atom stereocenters. The predicted molar refractivity (Wildman–Crippen MR) is 112 cm³/mol. The summed E-state index contributed by atoms with van der Waals surface area (Å²) in [5.74, 6) is -0.576. The maximum absolute atomic E-state index is 13.2. The lowest BCUT2D eigenvalue weighted by Gasteiger charge is -2.37. The SMILES string of the molecule is CCN1C(=O)c2cccnc2Sc2cc(C(=O)N3CCC4(CC3)OCCO4)ccc21. The molecule has 1 aromatic heterocycles. The summed E-state index contributed by atoms with van der Waals surface area (Å²) in [6.45, 7) is 4.95. The van der Waals surface area contributed by atoms with Crippen molar-refractivity contribution in [1.29, 1.82) is 0 Å². The quantitative estimate of drug-likeness (QED) is 0.736. The van der Waals surface area contributed by atoms with Crippen LogP contribution in [-0.2, 0) is 9.47 Å². The van der Waals surface area contributed by atoms with E-state index >= 15 is 0 Å². The lowest BCUT2D eigenvalue weighted by atomic mass is 10.0. The third-order valence-electron chi connectivity index (χ3n) is 5.89. The van der Waals surface area contributed by atoms with E-state index in [1.807, 2.05) is 30.0 Å². The van der Waals surface area contributed by atoms with Gasteiger partial charge in [0.15, 0.2) is 5.79 Å². The first-order valence-corrected chi connectivity index (χ1v) is 11.1. The van der Waals surface area contributed by atoms with Gasteiger partial charge < -0.3 is 19.3 Å². The third-order valence-corrected chi connectivity index (χ3v) is 6.96. The Morgan fingerprint density at radius 2 is 1.97 bits per heavy atom. The molecule has 8 heteroatoms. The van der Waals surface area contributed by atoms with E-state index in [2.05, 4.69) is 4.98 Å². The van der Waals surface area contributed by atoms with Crippen molar-refractivity contribution in [2.45, 2.75) is 35.5 Å². The van der Waals surface area contributed by atoms with Crippen molar-refractivity contribution >= 4 is 29.3 Å². The van der Waals surface area contributed by atoms with Crippen LogP contribution >= 0.6 is 11.8 Å². The molecule has 4 heterocycles. The van der Waals surface area contributed by atoms with Gasteiger partial charge in [-0.15, -0.1) is 0 Å². The van der Waals surface area contributed by atoms with E-state index in [0.29, 0.717) is 61.8 Å². The van der Waals surface area contributed by atoms with Crippen LogP contribution in [-0.4, -0.2) is 60.3 Å². The molecule has 156 valence electrons. The molecule has 3 aliphatic heterocycles. The Morgan fingerprint density at radius 1 is 1.20 bits per heavy atom. The minimum absolute atomic E-state index is 0.00823. The number of pyridine rings is 1. The van der Waals surface area contributed by atoms with Crippen molar-refractivity contribution in [2.24, 2.45) is 0 Å². The van der Waals surface area contributed by atoms with E-state index in [0.717, 1.165) is 10.6 Å². The van der Waals surface area contributed by atoms with Crippen LogP contribution in [0.1, 0.15) is 40.5 Å². The van der Waals surface area contributed by atoms with E-state index in [1.165, 1.54) is 11.8 Å². The first-order chi connectivity index (χ1) is 14.6. The molecule has 0 N–H and O–H groups in total. The van der Waals surface area contributed by atoms with Gasteiger partial charge in [-0.3, -0.25) is 9.59 Å². The van der Waals surface area contributed by atoms with Crippen LogP contribution in [0.15, 0.2) is 46.5 Å². The van der Waals surface area contributed by atoms with Crippen molar-refractivity contribution in [2.75, 3.05) is 37.7 Å². The van der Waals surface area contributed by atoms with E-state index in [-0.39, 0.29) is 11.8 Å². The summed E-state index contributed by atoms with van der Waals surface area (Å²) in [4.78, 5) is 35.0. The van der Waals surface area contributed by atoms with Gasteiger partial charge in [-0.2, -0.15) is 0 Å². The van der Waals surface area contributed by atoms with Gasteiger partial charge in [0.2, 0.25) is 0 Å². The average Bonchev–Trinajstić information content (AvgIpc) is 3.18. The Labute approximate surface area is 179 Å². The monoisotopic (exact) mass is 425 g/mol. The zero-order valence-corrected chi connectivity index (χ0v) is 17.6. The number of nitrogens with zero attached hydrogens (tertiary/aromatic N) is 3. The number of hydrogen-bond donors (Lipinski definition) is 0. The summed E-state index contributed by atoms with van der Waals surface area (Å²) in [5, 5.41) is 0.666. The van der Waals surface area contributed by atoms with Crippen LogP contribution in [0.4, 0.5) is 5.69 Å². The number of amides is 2. The highest BCUT2D eigenvalue weighted by Gasteiger charge is 2.41. The number of hydrogen-bond acceptors (Lipinski definition) is 6. The number of carbonyl (C=O) groups excluding carboxylic acids is 2. The number of benzene rings is 1. The highest BCUT2D eigenvalue weighted by molar-refractivity contribution is 7.99. The van der Waals surface area contributed by atoms with E-state index in [1.54, 1.807) is 23.2 Å². The minimum atomic E-state index is -0.502. The fourth-order valence-corrected chi connectivity index (χ4v) is 5.33. The standard InChI is InChI=1S/C22H23N3O4S/c1-2-25-17-6-5-15(14-18(17)30-19-16(21(25)27)4-3-9-23-19)20(26)24-10-7-22(8-11-24)28-12-13-29-22/h3-6,9,14H,2,7-8,10-13H2,1H3. The fourth-order valence-electron chi connectivity index (χ4n) is 4.28. The summed E-state index contributed by atoms with van der Waals surface area (Å²) in [6.07, 6.45) is 3.06. The van der Waals surface area contributed by atoms with Gasteiger partial charge in [0, 0.05) is 49.1 Å². The zero-order valence-electron chi connectivity index (χ0n) is 16.8. The molecule has 2 amide bonds. The molecule has 0 aliphatic carbocycles. The molecular formula is C22H23N3O4S. The number of fused-ring (bicyclic) bond motifs is 2. The van der Waals surface area contributed by atoms with Crippen molar-refractivity contribution in [3.05, 3.63) is 47.7 Å². The number of carbonyl (C=O) groups is 2. The van der Waals surface area contributed by atoms with Crippen molar-refractivity contribution in [3.8, 4) is 0 Å². The Morgan fingerprint density at radius 3 is 2.70 bits per heavy atom. The van der Waals surface area contributed by atoms with Crippen LogP contribution in [0.2, 0.25) is 0 Å². The van der Waals surface area contributed by atoms with Gasteiger partial charge in [0.1, 0.15) is 5.03 Å². The first kappa shape index (κ1) is 19.5. The molecule has 30 heavy (non-hydrogen) atoms. The molecule has 1 spiro atoms. The zero-order chi connectivity index (χ0) is 20.7. The van der Waals surface area contributed by atoms with Crippen LogP contribution in [0, 0.1) is 0 Å². The van der Waals surface area contributed by atoms with Crippen molar-refractivity contribution in [3.63, 3.8) is 0 Å². The second-order valence-electron chi connectivity index (χ2n) is 7.59. The lowest BCUT2D eigenvalue weighted by Crippen LogP contribution is -2.47. The molecule has 0 radical (unpaired) electrons. The van der Waals surface area contributed by atoms with E-state index in [9.17, 15) is 9.59 Å². The summed E-state index contributed by atoms with van der Waals surface area (Å²) in [5.41, 5.74) is 2.02. The van der Waals surface area contributed by atoms with Gasteiger partial charge in [-0.25, -0.2) is 4.98 Å². The average molecular weight is 426 g/mol. The number of rotatable bonds is 2. The molecule has 3 aliphatic rings. The Kier molecular flexibility index (Phi) is 5.00. The summed E-state index contributed by atoms with van der Waals surface area (Å²) in [7, 11) is 0. The number of ether oxygens (including phenoxy) is 2. The molecule has 2 saturated heterocycles. The molecule has 5 rings (SSSR count). The minimum Gasteiger partial charge on any atom is -0.347 e. The maximum Gasteiger partial charge on any atom is 0.261 e. The second kappa shape index (κ2) is 7.68. The predicted octanol–water partition coefficient (Wildman–Crippen LogP) is 3.19. The number of aromatic nitrogens is 1. The molecule has 0 atom stereocenters. The lowest BCUT2D eigenvalue weighted by molar-refractivity contribution is -0.181. The normalized spacial score (nSPS) is 20.1. The summed E-state index contributed by atoms with van der Waals surface area (Å²) >= 11 is 1.44. The van der Waals surface area contributed by atoms with Crippen molar-refractivity contribution < 1.29 is 19.1 Å². The molecule has 2 fully saturated rings. The van der Waals surface area contributed by atoms with Crippen LogP contribution in [0.5, 0.6) is 0 Å². The van der Waals surface area contributed by atoms with Gasteiger partial charge in [-0.1, -0.05) is 11.8 Å². The second-order valence-corrected chi connectivity index (χ2v) is 8.62.